The first kappa shape index (κ1) is 17.8. The van der Waals surface area contributed by atoms with E-state index in [0.717, 1.165) is 11.1 Å². The molecule has 1 aliphatic carbocycles. The van der Waals surface area contributed by atoms with Gasteiger partial charge in [0.2, 0.25) is 23.4 Å². The number of hydrogen-bond donors (Lipinski definition) is 2. The van der Waals surface area contributed by atoms with Gasteiger partial charge in [0.15, 0.2) is 0 Å². The fraction of sp³-hybridized carbons (Fsp3) is 0.167. The van der Waals surface area contributed by atoms with Crippen molar-refractivity contribution in [3.8, 4) is 5.88 Å². The van der Waals surface area contributed by atoms with Crippen molar-refractivity contribution in [2.45, 2.75) is 26.2 Å². The van der Waals surface area contributed by atoms with Crippen molar-refractivity contribution in [3.63, 3.8) is 0 Å². The molecule has 7 nitrogen and oxygen atoms in total. The molecule has 0 saturated heterocycles. The van der Waals surface area contributed by atoms with Gasteiger partial charge >= 0.3 is 0 Å². The molecular weight excluding hydrogens is 394 g/mol. The van der Waals surface area contributed by atoms with E-state index in [1.165, 1.54) is 0 Å². The van der Waals surface area contributed by atoms with Crippen molar-refractivity contribution in [3.05, 3.63) is 81.0 Å². The fourth-order valence-electron chi connectivity index (χ4n) is 5.20. The Bertz CT molecular complexity index is 1430. The molecule has 1 atom stereocenters. The van der Waals surface area contributed by atoms with Crippen LogP contribution in [0.2, 0.25) is 0 Å². The summed E-state index contributed by atoms with van der Waals surface area (Å²) < 4.78 is 6.10. The number of hydrogen-bond acceptors (Lipinski definition) is 5. The van der Waals surface area contributed by atoms with Gasteiger partial charge < -0.3 is 10.1 Å². The van der Waals surface area contributed by atoms with Gasteiger partial charge in [-0.15, -0.1) is 5.10 Å². The summed E-state index contributed by atoms with van der Waals surface area (Å²) in [4.78, 5) is 40.5. The van der Waals surface area contributed by atoms with E-state index in [2.05, 4.69) is 15.5 Å². The largest absolute Gasteiger partial charge is 0.436 e. The summed E-state index contributed by atoms with van der Waals surface area (Å²) in [6.45, 7) is 5.62. The number of carbonyl (C=O) groups is 3. The minimum Gasteiger partial charge on any atom is -0.436 e. The Hall–Kier alpha value is -4.00. The zero-order valence-corrected chi connectivity index (χ0v) is 17.0. The fourth-order valence-corrected chi connectivity index (χ4v) is 5.20. The predicted molar refractivity (Wildman–Crippen MR) is 112 cm³/mol. The van der Waals surface area contributed by atoms with Gasteiger partial charge in [-0.3, -0.25) is 19.5 Å². The number of aromatic nitrogens is 2. The number of aromatic amines is 1. The van der Waals surface area contributed by atoms with Crippen LogP contribution >= 0.6 is 0 Å². The maximum atomic E-state index is 13.8. The first-order chi connectivity index (χ1) is 14.9. The van der Waals surface area contributed by atoms with Crippen molar-refractivity contribution < 1.29 is 19.1 Å². The molecule has 1 unspecified atom stereocenters. The van der Waals surface area contributed by atoms with Crippen LogP contribution in [0.15, 0.2) is 42.0 Å². The number of amides is 1. The third-order valence-electron chi connectivity index (χ3n) is 6.40. The van der Waals surface area contributed by atoms with Gasteiger partial charge in [-0.2, -0.15) is 0 Å². The molecule has 6 rings (SSSR count). The number of rotatable bonds is 0. The van der Waals surface area contributed by atoms with Gasteiger partial charge in [0, 0.05) is 28.1 Å². The molecule has 1 spiro atoms. The molecule has 1 aromatic heterocycles. The zero-order valence-electron chi connectivity index (χ0n) is 17.0. The predicted octanol–water partition coefficient (Wildman–Crippen LogP) is 3.14. The number of benzene rings is 2. The Balaban J connectivity index is 1.82. The van der Waals surface area contributed by atoms with Crippen molar-refractivity contribution in [2.24, 2.45) is 0 Å². The monoisotopic (exact) mass is 411 g/mol. The van der Waals surface area contributed by atoms with E-state index in [1.54, 1.807) is 31.2 Å². The lowest BCUT2D eigenvalue weighted by molar-refractivity contribution is -0.121. The molecule has 31 heavy (non-hydrogen) atoms. The summed E-state index contributed by atoms with van der Waals surface area (Å²) >= 11 is 0. The number of Topliss-reactive ketones (excluding diaryl/α,β-unsaturated/α-hetero) is 2. The van der Waals surface area contributed by atoms with E-state index in [9.17, 15) is 14.4 Å². The maximum absolute atomic E-state index is 13.8. The van der Waals surface area contributed by atoms with E-state index in [0.29, 0.717) is 28.1 Å². The summed E-state index contributed by atoms with van der Waals surface area (Å²) in [5.41, 5.74) is 3.45. The second-order valence-electron chi connectivity index (χ2n) is 8.25. The van der Waals surface area contributed by atoms with E-state index in [-0.39, 0.29) is 22.8 Å². The Labute approximate surface area is 177 Å². The number of H-pyrrole nitrogens is 1. The number of ketones is 2. The first-order valence-electron chi connectivity index (χ1n) is 9.95. The SMILES string of the molecule is Cc1cc(C)c2c(c1)C1(C(=O)N2)C2=C(Oc3n[nH]c(C)c31)c1ccccc1C(=O)C2=O. The molecule has 3 aliphatic rings. The lowest BCUT2D eigenvalue weighted by atomic mass is 9.64. The van der Waals surface area contributed by atoms with Crippen LogP contribution in [0.1, 0.15) is 43.9 Å². The third-order valence-corrected chi connectivity index (χ3v) is 6.40. The normalized spacial score (nSPS) is 20.8. The molecule has 0 saturated carbocycles. The molecule has 3 aromatic rings. The highest BCUT2D eigenvalue weighted by atomic mass is 16.5. The van der Waals surface area contributed by atoms with Crippen molar-refractivity contribution in [2.75, 3.05) is 5.32 Å². The minimum absolute atomic E-state index is 0.0504. The molecule has 0 fully saturated rings. The molecule has 0 bridgehead atoms. The van der Waals surface area contributed by atoms with Gasteiger partial charge in [0.1, 0.15) is 11.2 Å². The van der Waals surface area contributed by atoms with Gasteiger partial charge in [-0.05, 0) is 26.3 Å². The van der Waals surface area contributed by atoms with Crippen LogP contribution in [0.3, 0.4) is 0 Å². The summed E-state index contributed by atoms with van der Waals surface area (Å²) in [5, 5.41) is 10.1. The summed E-state index contributed by atoms with van der Waals surface area (Å²) in [5.74, 6) is -1.33. The number of carbonyl (C=O) groups excluding carboxylic acids is 3. The average Bonchev–Trinajstić information content (AvgIpc) is 3.25. The molecule has 2 aromatic carbocycles. The number of ether oxygens (including phenoxy) is 1. The molecule has 152 valence electrons. The summed E-state index contributed by atoms with van der Waals surface area (Å²) in [7, 11) is 0. The van der Waals surface area contributed by atoms with E-state index in [1.807, 2.05) is 26.0 Å². The highest BCUT2D eigenvalue weighted by Crippen LogP contribution is 2.57. The first-order valence-corrected chi connectivity index (χ1v) is 9.95. The second-order valence-corrected chi connectivity index (χ2v) is 8.25. The van der Waals surface area contributed by atoms with Crippen LogP contribution in [0.5, 0.6) is 5.88 Å². The highest BCUT2D eigenvalue weighted by molar-refractivity contribution is 6.54. The van der Waals surface area contributed by atoms with E-state index in [4.69, 9.17) is 4.74 Å². The molecule has 7 heteroatoms. The molecule has 1 amide bonds. The number of nitrogens with one attached hydrogen (secondary N) is 2. The summed E-state index contributed by atoms with van der Waals surface area (Å²) in [6.07, 6.45) is 0. The van der Waals surface area contributed by atoms with Gasteiger partial charge in [-0.25, -0.2) is 0 Å². The average molecular weight is 411 g/mol. The quantitative estimate of drug-likeness (QED) is 0.554. The number of anilines is 1. The Morgan fingerprint density at radius 1 is 0.968 bits per heavy atom. The van der Waals surface area contributed by atoms with Gasteiger partial charge in [0.25, 0.3) is 0 Å². The van der Waals surface area contributed by atoms with Crippen LogP contribution in [0, 0.1) is 20.8 Å². The minimum atomic E-state index is -1.52. The molecule has 3 heterocycles. The standard InChI is InChI=1S/C24H17N3O4/c1-10-8-11(2)18-15(9-10)24(23(30)25-18)16-12(3)26-27-22(16)31-21-14-7-5-4-6-13(14)19(28)20(29)17(21)24/h4-9H,1-3H3,(H,25,30)(H,26,27). The molecule has 0 radical (unpaired) electrons. The zero-order chi connectivity index (χ0) is 21.7. The number of fused-ring (bicyclic) bond motifs is 7. The maximum Gasteiger partial charge on any atom is 0.244 e. The van der Waals surface area contributed by atoms with Crippen LogP contribution in [-0.2, 0) is 15.0 Å². The Morgan fingerprint density at radius 2 is 1.71 bits per heavy atom. The number of aryl methyl sites for hydroxylation is 3. The van der Waals surface area contributed by atoms with Gasteiger partial charge in [0.05, 0.1) is 11.1 Å². The summed E-state index contributed by atoms with van der Waals surface area (Å²) in [6, 6.07) is 10.7. The molecule has 2 N–H and O–H groups in total. The van der Waals surface area contributed by atoms with Gasteiger partial charge in [-0.1, -0.05) is 42.0 Å². The van der Waals surface area contributed by atoms with Crippen molar-refractivity contribution in [1.29, 1.82) is 0 Å². The number of nitrogens with zero attached hydrogens (tertiary/aromatic N) is 1. The topological polar surface area (TPSA) is 101 Å². The lowest BCUT2D eigenvalue weighted by Gasteiger charge is -2.37. The third kappa shape index (κ3) is 1.93. The van der Waals surface area contributed by atoms with Crippen LogP contribution in [0.25, 0.3) is 5.76 Å². The van der Waals surface area contributed by atoms with Crippen molar-refractivity contribution >= 4 is 28.9 Å². The van der Waals surface area contributed by atoms with Crippen LogP contribution in [-0.4, -0.2) is 27.7 Å². The van der Waals surface area contributed by atoms with E-state index < -0.39 is 22.9 Å². The molecule has 2 aliphatic heterocycles. The van der Waals surface area contributed by atoms with Crippen LogP contribution in [0.4, 0.5) is 5.69 Å². The van der Waals surface area contributed by atoms with Crippen LogP contribution < -0.4 is 10.1 Å². The second kappa shape index (κ2) is 5.57. The Kier molecular flexibility index (Phi) is 3.20. The van der Waals surface area contributed by atoms with Crippen molar-refractivity contribution in [1.82, 2.24) is 10.2 Å². The Morgan fingerprint density at radius 3 is 2.48 bits per heavy atom. The smallest absolute Gasteiger partial charge is 0.244 e. The van der Waals surface area contributed by atoms with E-state index >= 15 is 0 Å². The lowest BCUT2D eigenvalue weighted by Crippen LogP contribution is -2.47. The highest BCUT2D eigenvalue weighted by Gasteiger charge is 2.62. The molecular formula is C24H17N3O4.